The number of hydrogen-bond donors (Lipinski definition) is 2. The van der Waals surface area contributed by atoms with Gasteiger partial charge in [0.1, 0.15) is 0 Å². The van der Waals surface area contributed by atoms with Gasteiger partial charge in [0.25, 0.3) is 10.1 Å². The number of rotatable bonds is 5. The fraction of sp³-hybridized carbons (Fsp3) is 0.714. The van der Waals surface area contributed by atoms with Crippen LogP contribution in [0.4, 0.5) is 0 Å². The van der Waals surface area contributed by atoms with Gasteiger partial charge in [-0.3, -0.25) is 4.55 Å². The molecular formula is C7H14O4S. The Hall–Kier alpha value is -0.390. The third-order valence-corrected chi connectivity index (χ3v) is 2.07. The maximum atomic E-state index is 10.2. The average Bonchev–Trinajstić information content (AvgIpc) is 1.96. The monoisotopic (exact) mass is 194 g/mol. The first-order valence-electron chi connectivity index (χ1n) is 3.75. The smallest absolute Gasteiger partial charge is 0.265 e. The molecule has 12 heavy (non-hydrogen) atoms. The van der Waals surface area contributed by atoms with Gasteiger partial charge < -0.3 is 5.11 Å². The van der Waals surface area contributed by atoms with Crippen LogP contribution in [0.15, 0.2) is 12.2 Å². The van der Waals surface area contributed by atoms with Crippen LogP contribution < -0.4 is 0 Å². The van der Waals surface area contributed by atoms with Crippen LogP contribution in [0.1, 0.15) is 19.8 Å². The molecular weight excluding hydrogens is 180 g/mol. The van der Waals surface area contributed by atoms with Gasteiger partial charge in [0.15, 0.2) is 0 Å². The molecule has 0 aliphatic carbocycles. The Labute approximate surface area is 72.7 Å². The topological polar surface area (TPSA) is 74.6 Å². The molecule has 5 heteroatoms. The molecule has 4 nitrogen and oxygen atoms in total. The normalized spacial score (nSPS) is 15.2. The molecule has 0 aliphatic heterocycles. The molecule has 0 spiro atoms. The number of aliphatic hydroxyl groups excluding tert-OH is 1. The van der Waals surface area contributed by atoms with Crippen LogP contribution in [0, 0.1) is 0 Å². The lowest BCUT2D eigenvalue weighted by atomic mass is 10.2. The van der Waals surface area contributed by atoms with Crippen LogP contribution >= 0.6 is 0 Å². The molecule has 1 unspecified atom stereocenters. The van der Waals surface area contributed by atoms with E-state index in [2.05, 4.69) is 0 Å². The molecule has 0 bridgehead atoms. The van der Waals surface area contributed by atoms with Gasteiger partial charge in [-0.05, 0) is 12.8 Å². The highest BCUT2D eigenvalue weighted by Crippen LogP contribution is 1.95. The second-order valence-electron chi connectivity index (χ2n) is 2.48. The van der Waals surface area contributed by atoms with E-state index in [0.717, 1.165) is 0 Å². The van der Waals surface area contributed by atoms with Crippen molar-refractivity contribution in [1.29, 1.82) is 0 Å². The summed E-state index contributed by atoms with van der Waals surface area (Å²) < 4.78 is 28.7. The summed E-state index contributed by atoms with van der Waals surface area (Å²) >= 11 is 0. The van der Waals surface area contributed by atoms with Gasteiger partial charge in [-0.25, -0.2) is 0 Å². The minimum Gasteiger partial charge on any atom is -0.389 e. The molecule has 0 aromatic carbocycles. The molecule has 0 rings (SSSR count). The summed E-state index contributed by atoms with van der Waals surface area (Å²) in [5, 5.41) is 8.99. The maximum absolute atomic E-state index is 10.2. The van der Waals surface area contributed by atoms with Crippen molar-refractivity contribution in [3.8, 4) is 0 Å². The number of allylic oxidation sites excluding steroid dienone is 1. The minimum absolute atomic E-state index is 0.232. The standard InChI is InChI=1S/C7H14O4S/c1-2-7(8)5-3-4-6-12(9,10)11/h3,5,7-8H,2,4,6H2,1H3,(H,9,10,11). The van der Waals surface area contributed by atoms with E-state index in [1.807, 2.05) is 6.92 Å². The third kappa shape index (κ3) is 7.71. The van der Waals surface area contributed by atoms with Gasteiger partial charge in [0, 0.05) is 0 Å². The van der Waals surface area contributed by atoms with Crippen molar-refractivity contribution in [2.45, 2.75) is 25.9 Å². The van der Waals surface area contributed by atoms with E-state index in [1.165, 1.54) is 6.08 Å². The van der Waals surface area contributed by atoms with E-state index in [-0.39, 0.29) is 12.2 Å². The zero-order chi connectivity index (χ0) is 9.61. The van der Waals surface area contributed by atoms with Crippen molar-refractivity contribution in [3.63, 3.8) is 0 Å². The van der Waals surface area contributed by atoms with Gasteiger partial charge in [-0.2, -0.15) is 8.42 Å². The van der Waals surface area contributed by atoms with Crippen molar-refractivity contribution < 1.29 is 18.1 Å². The Morgan fingerprint density at radius 1 is 1.50 bits per heavy atom. The molecule has 2 N–H and O–H groups in total. The van der Waals surface area contributed by atoms with E-state index in [4.69, 9.17) is 9.66 Å². The second kappa shape index (κ2) is 5.29. The van der Waals surface area contributed by atoms with Crippen LogP contribution in [0.3, 0.4) is 0 Å². The van der Waals surface area contributed by atoms with Crippen LogP contribution in [0.5, 0.6) is 0 Å². The minimum atomic E-state index is -3.86. The zero-order valence-corrected chi connectivity index (χ0v) is 7.79. The van der Waals surface area contributed by atoms with Gasteiger partial charge in [0.05, 0.1) is 11.9 Å². The van der Waals surface area contributed by atoms with Crippen molar-refractivity contribution >= 4 is 10.1 Å². The molecule has 0 heterocycles. The molecule has 0 aromatic rings. The van der Waals surface area contributed by atoms with Gasteiger partial charge in [0.2, 0.25) is 0 Å². The van der Waals surface area contributed by atoms with Crippen LogP contribution in [-0.4, -0.2) is 29.9 Å². The highest BCUT2D eigenvalue weighted by Gasteiger charge is 2.01. The van der Waals surface area contributed by atoms with Gasteiger partial charge in [-0.15, -0.1) is 0 Å². The average molecular weight is 194 g/mol. The van der Waals surface area contributed by atoms with Crippen molar-refractivity contribution in [2.75, 3.05) is 5.75 Å². The Bertz CT molecular complexity index is 230. The van der Waals surface area contributed by atoms with Crippen molar-refractivity contribution in [1.82, 2.24) is 0 Å². The second-order valence-corrected chi connectivity index (χ2v) is 4.05. The highest BCUT2D eigenvalue weighted by atomic mass is 32.2. The Morgan fingerprint density at radius 3 is 2.50 bits per heavy atom. The van der Waals surface area contributed by atoms with Crippen molar-refractivity contribution in [2.24, 2.45) is 0 Å². The van der Waals surface area contributed by atoms with E-state index in [1.54, 1.807) is 6.08 Å². The molecule has 72 valence electrons. The molecule has 0 saturated heterocycles. The lowest BCUT2D eigenvalue weighted by Crippen LogP contribution is -2.03. The van der Waals surface area contributed by atoms with E-state index in [0.29, 0.717) is 6.42 Å². The van der Waals surface area contributed by atoms with Gasteiger partial charge in [-0.1, -0.05) is 19.1 Å². The Balaban J connectivity index is 3.63. The summed E-state index contributed by atoms with van der Waals surface area (Å²) in [6.45, 7) is 1.82. The van der Waals surface area contributed by atoms with Gasteiger partial charge >= 0.3 is 0 Å². The molecule has 0 aliphatic rings. The third-order valence-electron chi connectivity index (χ3n) is 1.32. The predicted molar refractivity (Wildman–Crippen MR) is 46.5 cm³/mol. The molecule has 0 radical (unpaired) electrons. The summed E-state index contributed by atoms with van der Waals surface area (Å²) in [5.74, 6) is -0.292. The van der Waals surface area contributed by atoms with E-state index >= 15 is 0 Å². The quantitative estimate of drug-likeness (QED) is 0.496. The summed E-state index contributed by atoms with van der Waals surface area (Å²) in [4.78, 5) is 0. The first-order chi connectivity index (χ1) is 5.45. The molecule has 0 fully saturated rings. The fourth-order valence-corrected chi connectivity index (χ4v) is 1.04. The lowest BCUT2D eigenvalue weighted by Gasteiger charge is -1.97. The molecule has 0 aromatic heterocycles. The van der Waals surface area contributed by atoms with Crippen LogP contribution in [0.25, 0.3) is 0 Å². The highest BCUT2D eigenvalue weighted by molar-refractivity contribution is 7.85. The summed E-state index contributed by atoms with van der Waals surface area (Å²) in [6.07, 6.45) is 3.37. The first kappa shape index (κ1) is 11.6. The number of aliphatic hydroxyl groups is 1. The van der Waals surface area contributed by atoms with E-state index < -0.39 is 16.2 Å². The summed E-state index contributed by atoms with van der Waals surface area (Å²) in [5.41, 5.74) is 0. The van der Waals surface area contributed by atoms with Crippen LogP contribution in [0.2, 0.25) is 0 Å². The largest absolute Gasteiger partial charge is 0.389 e. The SMILES string of the molecule is CCC(O)C=CCCS(=O)(=O)O. The van der Waals surface area contributed by atoms with E-state index in [9.17, 15) is 8.42 Å². The summed E-state index contributed by atoms with van der Waals surface area (Å²) in [6, 6.07) is 0. The summed E-state index contributed by atoms with van der Waals surface area (Å²) in [7, 11) is -3.86. The lowest BCUT2D eigenvalue weighted by molar-refractivity contribution is 0.219. The molecule has 0 saturated carbocycles. The zero-order valence-electron chi connectivity index (χ0n) is 6.97. The first-order valence-corrected chi connectivity index (χ1v) is 5.36. The fourth-order valence-electron chi connectivity index (χ4n) is 0.606. The Morgan fingerprint density at radius 2 is 2.08 bits per heavy atom. The predicted octanol–water partition coefficient (Wildman–Crippen LogP) is 0.591. The maximum Gasteiger partial charge on any atom is 0.265 e. The number of hydrogen-bond acceptors (Lipinski definition) is 3. The molecule has 1 atom stereocenters. The molecule has 0 amide bonds. The van der Waals surface area contributed by atoms with Crippen LogP contribution in [-0.2, 0) is 10.1 Å². The van der Waals surface area contributed by atoms with Crippen molar-refractivity contribution in [3.05, 3.63) is 12.2 Å². The Kier molecular flexibility index (Phi) is 5.12.